The molecule has 3 heterocycles. The molecule has 0 N–H and O–H groups in total. The number of piperidine rings is 1. The molecule has 1 aromatic carbocycles. The first-order valence-electron chi connectivity index (χ1n) is 9.79. The van der Waals surface area contributed by atoms with E-state index in [0.717, 1.165) is 12.8 Å². The van der Waals surface area contributed by atoms with Crippen LogP contribution in [0.4, 0.5) is 4.39 Å². The zero-order valence-electron chi connectivity index (χ0n) is 16.3. The van der Waals surface area contributed by atoms with Crippen LogP contribution in [0.3, 0.4) is 0 Å². The molecule has 2 aliphatic heterocycles. The maximum Gasteiger partial charge on any atom is 0.257 e. The van der Waals surface area contributed by atoms with Crippen molar-refractivity contribution >= 4 is 11.8 Å². The normalized spacial score (nSPS) is 22.3. The van der Waals surface area contributed by atoms with Gasteiger partial charge in [-0.05, 0) is 45.2 Å². The number of carbonyl (C=O) groups is 2. The van der Waals surface area contributed by atoms with Crippen molar-refractivity contribution in [1.82, 2.24) is 9.80 Å². The average Bonchev–Trinajstić information content (AvgIpc) is 3.24. The van der Waals surface area contributed by atoms with Crippen molar-refractivity contribution < 1.29 is 18.4 Å². The van der Waals surface area contributed by atoms with E-state index in [0.29, 0.717) is 48.7 Å². The number of furan rings is 1. The molecular weight excluding hydrogens is 359 g/mol. The van der Waals surface area contributed by atoms with Gasteiger partial charge in [-0.25, -0.2) is 4.39 Å². The second-order valence-electron chi connectivity index (χ2n) is 8.01. The summed E-state index contributed by atoms with van der Waals surface area (Å²) in [5, 5.41) is 0. The monoisotopic (exact) mass is 384 g/mol. The van der Waals surface area contributed by atoms with Gasteiger partial charge < -0.3 is 14.2 Å². The predicted octanol–water partition coefficient (Wildman–Crippen LogP) is 3.69. The summed E-state index contributed by atoms with van der Waals surface area (Å²) in [6.07, 6.45) is 2.29. The van der Waals surface area contributed by atoms with Crippen LogP contribution in [-0.4, -0.2) is 41.2 Å². The van der Waals surface area contributed by atoms with Crippen molar-refractivity contribution in [3.63, 3.8) is 0 Å². The summed E-state index contributed by atoms with van der Waals surface area (Å²) >= 11 is 0. The topological polar surface area (TPSA) is 53.8 Å². The lowest BCUT2D eigenvalue weighted by molar-refractivity contribution is -0.146. The Labute approximate surface area is 164 Å². The molecule has 4 rings (SSSR count). The molecule has 6 heteroatoms. The van der Waals surface area contributed by atoms with E-state index in [1.807, 2.05) is 6.92 Å². The highest BCUT2D eigenvalue weighted by Crippen LogP contribution is 2.41. The molecule has 5 nitrogen and oxygen atoms in total. The van der Waals surface area contributed by atoms with Gasteiger partial charge in [-0.15, -0.1) is 0 Å². The summed E-state index contributed by atoms with van der Waals surface area (Å²) in [5.41, 5.74) is 0.551. The number of rotatable bonds is 3. The van der Waals surface area contributed by atoms with Gasteiger partial charge in [-0.2, -0.15) is 0 Å². The molecule has 2 saturated heterocycles. The van der Waals surface area contributed by atoms with E-state index in [4.69, 9.17) is 4.42 Å². The van der Waals surface area contributed by atoms with Crippen molar-refractivity contribution in [2.45, 2.75) is 39.7 Å². The van der Waals surface area contributed by atoms with E-state index in [9.17, 15) is 14.0 Å². The Bertz CT molecular complexity index is 922. The summed E-state index contributed by atoms with van der Waals surface area (Å²) in [5.74, 6) is 0.991. The highest BCUT2D eigenvalue weighted by atomic mass is 19.1. The first-order valence-corrected chi connectivity index (χ1v) is 9.79. The van der Waals surface area contributed by atoms with Gasteiger partial charge in [0, 0.05) is 31.7 Å². The highest BCUT2D eigenvalue weighted by Gasteiger charge is 2.49. The number of aryl methyl sites for hydroxylation is 2. The van der Waals surface area contributed by atoms with Crippen LogP contribution >= 0.6 is 0 Å². The fourth-order valence-electron chi connectivity index (χ4n) is 4.57. The summed E-state index contributed by atoms with van der Waals surface area (Å²) in [4.78, 5) is 29.7. The van der Waals surface area contributed by atoms with Gasteiger partial charge in [-0.3, -0.25) is 9.59 Å². The van der Waals surface area contributed by atoms with Gasteiger partial charge in [0.15, 0.2) is 0 Å². The summed E-state index contributed by atoms with van der Waals surface area (Å²) in [7, 11) is 0. The van der Waals surface area contributed by atoms with Gasteiger partial charge in [0.1, 0.15) is 17.3 Å². The molecule has 28 heavy (non-hydrogen) atoms. The lowest BCUT2D eigenvalue weighted by Crippen LogP contribution is -2.50. The lowest BCUT2D eigenvalue weighted by Gasteiger charge is -2.39. The van der Waals surface area contributed by atoms with Crippen LogP contribution in [0.1, 0.15) is 46.7 Å². The van der Waals surface area contributed by atoms with Gasteiger partial charge >= 0.3 is 0 Å². The molecule has 0 unspecified atom stereocenters. The number of halogens is 1. The maximum absolute atomic E-state index is 14.0. The van der Waals surface area contributed by atoms with Crippen LogP contribution in [0, 0.1) is 25.1 Å². The zero-order chi connectivity index (χ0) is 19.9. The minimum Gasteiger partial charge on any atom is -0.466 e. The standard InChI is InChI=1S/C22H25FN2O3/c1-15-12-18(16(2)28-15)20(26)25-11-9-22(14-25)8-5-10-24(21(22)27)13-17-6-3-4-7-19(17)23/h3-4,6-7,12H,5,8-11,13-14H2,1-2H3/t22-/m1/s1. The molecule has 0 radical (unpaired) electrons. The van der Waals surface area contributed by atoms with Crippen molar-refractivity contribution in [1.29, 1.82) is 0 Å². The Balaban J connectivity index is 1.50. The third-order valence-electron chi connectivity index (χ3n) is 6.06. The van der Waals surface area contributed by atoms with E-state index in [1.54, 1.807) is 41.0 Å². The Hall–Kier alpha value is -2.63. The number of hydrogen-bond acceptors (Lipinski definition) is 3. The zero-order valence-corrected chi connectivity index (χ0v) is 16.3. The van der Waals surface area contributed by atoms with E-state index in [-0.39, 0.29) is 24.2 Å². The Kier molecular flexibility index (Phi) is 4.73. The van der Waals surface area contributed by atoms with Crippen LogP contribution in [0.25, 0.3) is 0 Å². The highest BCUT2D eigenvalue weighted by molar-refractivity contribution is 5.96. The number of hydrogen-bond donors (Lipinski definition) is 0. The van der Waals surface area contributed by atoms with E-state index in [1.165, 1.54) is 6.07 Å². The molecule has 2 aliphatic rings. The minimum atomic E-state index is -0.550. The van der Waals surface area contributed by atoms with E-state index < -0.39 is 5.41 Å². The quantitative estimate of drug-likeness (QED) is 0.811. The average molecular weight is 384 g/mol. The first-order chi connectivity index (χ1) is 13.4. The second-order valence-corrected chi connectivity index (χ2v) is 8.01. The van der Waals surface area contributed by atoms with Crippen LogP contribution in [0.15, 0.2) is 34.7 Å². The van der Waals surface area contributed by atoms with Crippen molar-refractivity contribution in [2.75, 3.05) is 19.6 Å². The van der Waals surface area contributed by atoms with Gasteiger partial charge in [0.25, 0.3) is 5.91 Å². The minimum absolute atomic E-state index is 0.0393. The first kappa shape index (κ1) is 18.7. The van der Waals surface area contributed by atoms with Gasteiger partial charge in [0.05, 0.1) is 11.0 Å². The van der Waals surface area contributed by atoms with Crippen molar-refractivity contribution in [3.8, 4) is 0 Å². The molecule has 2 amide bonds. The summed E-state index contributed by atoms with van der Waals surface area (Å²) in [6, 6.07) is 8.34. The number of carbonyl (C=O) groups excluding carboxylic acids is 2. The van der Waals surface area contributed by atoms with Crippen LogP contribution in [-0.2, 0) is 11.3 Å². The number of likely N-dealkylation sites (tertiary alicyclic amines) is 2. The smallest absolute Gasteiger partial charge is 0.257 e. The molecule has 0 saturated carbocycles. The Morgan fingerprint density at radius 2 is 2.00 bits per heavy atom. The molecule has 0 bridgehead atoms. The molecule has 1 atom stereocenters. The van der Waals surface area contributed by atoms with Crippen LogP contribution in [0.2, 0.25) is 0 Å². The number of nitrogens with zero attached hydrogens (tertiary/aromatic N) is 2. The van der Waals surface area contributed by atoms with Gasteiger partial charge in [-0.1, -0.05) is 18.2 Å². The number of amides is 2. The second kappa shape index (κ2) is 7.08. The van der Waals surface area contributed by atoms with Crippen LogP contribution < -0.4 is 0 Å². The van der Waals surface area contributed by atoms with Crippen molar-refractivity contribution in [2.24, 2.45) is 5.41 Å². The fraction of sp³-hybridized carbons (Fsp3) is 0.455. The fourth-order valence-corrected chi connectivity index (χ4v) is 4.57. The molecule has 2 fully saturated rings. The van der Waals surface area contributed by atoms with Gasteiger partial charge in [0.2, 0.25) is 5.91 Å². The predicted molar refractivity (Wildman–Crippen MR) is 102 cm³/mol. The summed E-state index contributed by atoms with van der Waals surface area (Å²) < 4.78 is 19.5. The SMILES string of the molecule is Cc1cc(C(=O)N2CC[C@]3(CCCN(Cc4ccccc4F)C3=O)C2)c(C)o1. The largest absolute Gasteiger partial charge is 0.466 e. The van der Waals surface area contributed by atoms with Crippen molar-refractivity contribution in [3.05, 3.63) is 58.8 Å². The Morgan fingerprint density at radius 1 is 1.21 bits per heavy atom. The van der Waals surface area contributed by atoms with E-state index in [2.05, 4.69) is 0 Å². The molecule has 1 aromatic heterocycles. The van der Waals surface area contributed by atoms with E-state index >= 15 is 0 Å². The third-order valence-corrected chi connectivity index (χ3v) is 6.06. The summed E-state index contributed by atoms with van der Waals surface area (Å²) in [6.45, 7) is 5.49. The molecule has 1 spiro atoms. The van der Waals surface area contributed by atoms with Crippen LogP contribution in [0.5, 0.6) is 0 Å². The Morgan fingerprint density at radius 3 is 2.71 bits per heavy atom. The molecule has 2 aromatic rings. The maximum atomic E-state index is 14.0. The number of benzene rings is 1. The lowest BCUT2D eigenvalue weighted by atomic mass is 9.78. The molecule has 0 aliphatic carbocycles. The molecular formula is C22H25FN2O3. The third kappa shape index (κ3) is 3.21. The molecule has 148 valence electrons.